The number of aliphatic imine (C=N–C) groups is 2. The summed E-state index contributed by atoms with van der Waals surface area (Å²) in [5.74, 6) is -3.47. The van der Waals surface area contributed by atoms with Gasteiger partial charge in [0.1, 0.15) is 5.82 Å². The molecule has 16 heteroatoms. The maximum Gasteiger partial charge on any atom is 0.451 e. The van der Waals surface area contributed by atoms with Crippen LogP contribution in [0.25, 0.3) is 0 Å². The molecule has 0 fully saturated rings. The highest BCUT2D eigenvalue weighted by Gasteiger charge is 2.51. The molecule has 0 aromatic carbocycles. The normalized spacial score (nSPS) is 20.6. The number of halogens is 10. The van der Waals surface area contributed by atoms with E-state index in [1.807, 2.05) is 0 Å². The molecule has 2 aliphatic heterocycles. The van der Waals surface area contributed by atoms with Gasteiger partial charge in [-0.3, -0.25) is 0 Å². The third-order valence-electron chi connectivity index (χ3n) is 3.65. The number of rotatable bonds is 1. The number of anilines is 1. The first-order valence-corrected chi connectivity index (χ1v) is 7.58. The van der Waals surface area contributed by atoms with Gasteiger partial charge >= 0.3 is 18.5 Å². The van der Waals surface area contributed by atoms with E-state index in [4.69, 9.17) is 17.3 Å². The number of hydrogen-bond donors (Lipinski definition) is 2. The highest BCUT2D eigenvalue weighted by molar-refractivity contribution is 6.33. The molecule has 3 heterocycles. The minimum absolute atomic E-state index is 0.325. The average Bonchev–Trinajstić information content (AvgIpc) is 2.88. The first-order valence-electron chi connectivity index (χ1n) is 7.20. The van der Waals surface area contributed by atoms with Crippen molar-refractivity contribution in [3.63, 3.8) is 0 Å². The van der Waals surface area contributed by atoms with Crippen LogP contribution in [0.3, 0.4) is 0 Å². The number of hydrogen-bond acceptors (Lipinski definition) is 6. The number of aromatic nitrogens is 1. The molecule has 29 heavy (non-hydrogen) atoms. The van der Waals surface area contributed by atoms with Crippen LogP contribution in [0, 0.1) is 0 Å². The fraction of sp³-hybridized carbons (Fsp3) is 0.308. The highest BCUT2D eigenvalue weighted by Crippen LogP contribution is 2.38. The molecule has 0 saturated heterocycles. The van der Waals surface area contributed by atoms with Crippen LogP contribution in [0.4, 0.5) is 45.3 Å². The molecular weight excluding hydrogens is 447 g/mol. The lowest BCUT2D eigenvalue weighted by Gasteiger charge is -2.22. The van der Waals surface area contributed by atoms with Gasteiger partial charge in [-0.25, -0.2) is 20.0 Å². The monoisotopic (exact) mass is 452 g/mol. The van der Waals surface area contributed by atoms with E-state index in [0.29, 0.717) is 17.3 Å². The number of alkyl halides is 9. The molecule has 0 bridgehead atoms. The van der Waals surface area contributed by atoms with E-state index >= 15 is 0 Å². The summed E-state index contributed by atoms with van der Waals surface area (Å²) in [6.07, 6.45) is -17.1. The molecule has 2 aliphatic rings. The molecule has 3 N–H and O–H groups in total. The SMILES string of the molecule is NC1=C2C(C(F)(F)F)=NC(C(F)(F)F)=NC2NN1c1ncc(C(F)(F)F)cc1Cl. The van der Waals surface area contributed by atoms with E-state index in [1.165, 1.54) is 0 Å². The Kier molecular flexibility index (Phi) is 4.73. The molecule has 3 rings (SSSR count). The molecule has 1 unspecified atom stereocenters. The zero-order valence-corrected chi connectivity index (χ0v) is 14.1. The summed E-state index contributed by atoms with van der Waals surface area (Å²) in [5, 5.41) is -0.174. The van der Waals surface area contributed by atoms with Gasteiger partial charge in [-0.2, -0.15) is 44.9 Å². The summed E-state index contributed by atoms with van der Waals surface area (Å²) < 4.78 is 116. The van der Waals surface area contributed by atoms with Crippen molar-refractivity contribution in [3.05, 3.63) is 34.2 Å². The number of nitrogens with one attached hydrogen (secondary N) is 1. The van der Waals surface area contributed by atoms with Gasteiger partial charge in [0.05, 0.1) is 16.2 Å². The standard InChI is InChI=1S/C13H6ClF9N6/c14-4-1-3(11(15,16)17)2-25-9(4)29-7(24)5-6(12(18,19)20)26-10(13(21,22)23)27-8(5)28-29/h1-2,8,28H,24H2. The second kappa shape index (κ2) is 6.48. The van der Waals surface area contributed by atoms with Gasteiger partial charge in [0, 0.05) is 6.20 Å². The van der Waals surface area contributed by atoms with E-state index in [0.717, 1.165) is 0 Å². The molecule has 0 saturated carbocycles. The maximum atomic E-state index is 13.3. The first-order chi connectivity index (χ1) is 13.1. The minimum atomic E-state index is -5.33. The summed E-state index contributed by atoms with van der Waals surface area (Å²) in [4.78, 5) is 8.97. The number of amidine groups is 1. The van der Waals surface area contributed by atoms with Crippen LogP contribution in [0.1, 0.15) is 5.56 Å². The van der Waals surface area contributed by atoms with Crippen molar-refractivity contribution in [1.82, 2.24) is 10.4 Å². The Bertz CT molecular complexity index is 944. The van der Waals surface area contributed by atoms with Gasteiger partial charge in [-0.05, 0) is 6.07 Å². The summed E-state index contributed by atoms with van der Waals surface area (Å²) >= 11 is 5.72. The number of hydrazine groups is 1. The van der Waals surface area contributed by atoms with Gasteiger partial charge in [0.15, 0.2) is 17.7 Å². The van der Waals surface area contributed by atoms with Crippen molar-refractivity contribution in [3.8, 4) is 0 Å². The molecule has 1 atom stereocenters. The maximum absolute atomic E-state index is 13.3. The average molecular weight is 453 g/mol. The van der Waals surface area contributed by atoms with Gasteiger partial charge in [0.2, 0.25) is 5.84 Å². The Balaban J connectivity index is 2.09. The zero-order valence-electron chi connectivity index (χ0n) is 13.4. The van der Waals surface area contributed by atoms with Crippen LogP contribution in [0.5, 0.6) is 0 Å². The quantitative estimate of drug-likeness (QED) is 0.639. The number of pyridine rings is 1. The van der Waals surface area contributed by atoms with Crippen LogP contribution < -0.4 is 16.2 Å². The lowest BCUT2D eigenvalue weighted by Crippen LogP contribution is -2.43. The van der Waals surface area contributed by atoms with Crippen molar-refractivity contribution in [1.29, 1.82) is 0 Å². The zero-order chi connectivity index (χ0) is 21.9. The molecule has 1 aromatic rings. The molecule has 0 spiro atoms. The number of nitrogens with zero attached hydrogens (tertiary/aromatic N) is 4. The van der Waals surface area contributed by atoms with Gasteiger partial charge < -0.3 is 5.73 Å². The molecule has 6 nitrogen and oxygen atoms in total. The van der Waals surface area contributed by atoms with Crippen LogP contribution >= 0.6 is 11.6 Å². The van der Waals surface area contributed by atoms with Crippen LogP contribution in [-0.2, 0) is 6.18 Å². The van der Waals surface area contributed by atoms with Gasteiger partial charge in [-0.15, -0.1) is 0 Å². The van der Waals surface area contributed by atoms with Crippen molar-refractivity contribution >= 4 is 29.0 Å². The second-order valence-corrected chi connectivity index (χ2v) is 6.01. The molecule has 158 valence electrons. The summed E-state index contributed by atoms with van der Waals surface area (Å²) in [6, 6.07) is 0.425. The van der Waals surface area contributed by atoms with E-state index in [-0.39, 0.29) is 0 Å². The van der Waals surface area contributed by atoms with Crippen LogP contribution in [0.15, 0.2) is 33.6 Å². The lowest BCUT2D eigenvalue weighted by atomic mass is 10.1. The van der Waals surface area contributed by atoms with Crippen molar-refractivity contribution in [2.75, 3.05) is 5.01 Å². The second-order valence-electron chi connectivity index (χ2n) is 5.60. The third kappa shape index (κ3) is 3.83. The third-order valence-corrected chi connectivity index (χ3v) is 3.93. The molecule has 0 radical (unpaired) electrons. The predicted octanol–water partition coefficient (Wildman–Crippen LogP) is 3.55. The fourth-order valence-electron chi connectivity index (χ4n) is 2.46. The Morgan fingerprint density at radius 1 is 1.00 bits per heavy atom. The lowest BCUT2D eigenvalue weighted by molar-refractivity contribution is -0.137. The highest BCUT2D eigenvalue weighted by atomic mass is 35.5. The fourth-order valence-corrected chi connectivity index (χ4v) is 2.71. The van der Waals surface area contributed by atoms with E-state index in [2.05, 4.69) is 20.4 Å². The Morgan fingerprint density at radius 3 is 2.10 bits per heavy atom. The Morgan fingerprint density at radius 2 is 1.62 bits per heavy atom. The minimum Gasteiger partial charge on any atom is -0.384 e. The summed E-state index contributed by atoms with van der Waals surface area (Å²) in [6.45, 7) is 0. The molecule has 0 amide bonds. The van der Waals surface area contributed by atoms with Gasteiger partial charge in [0.25, 0.3) is 0 Å². The molecule has 0 aliphatic carbocycles. The predicted molar refractivity (Wildman–Crippen MR) is 81.8 cm³/mol. The summed E-state index contributed by atoms with van der Waals surface area (Å²) in [7, 11) is 0. The Labute approximate surface area is 159 Å². The van der Waals surface area contributed by atoms with E-state index < -0.39 is 64.0 Å². The smallest absolute Gasteiger partial charge is 0.384 e. The van der Waals surface area contributed by atoms with Crippen molar-refractivity contribution < 1.29 is 39.5 Å². The van der Waals surface area contributed by atoms with Crippen molar-refractivity contribution in [2.45, 2.75) is 24.7 Å². The molecular formula is C13H6ClF9N6. The van der Waals surface area contributed by atoms with Crippen molar-refractivity contribution in [2.24, 2.45) is 15.7 Å². The van der Waals surface area contributed by atoms with Crippen LogP contribution in [0.2, 0.25) is 5.02 Å². The number of fused-ring (bicyclic) bond motifs is 1. The van der Waals surface area contributed by atoms with Crippen LogP contribution in [-0.4, -0.2) is 35.0 Å². The molecule has 1 aromatic heterocycles. The Hall–Kier alpha value is -2.55. The number of nitrogens with two attached hydrogens (primary N) is 1. The van der Waals surface area contributed by atoms with Gasteiger partial charge in [-0.1, -0.05) is 11.6 Å². The van der Waals surface area contributed by atoms with E-state index in [9.17, 15) is 39.5 Å². The van der Waals surface area contributed by atoms with E-state index in [1.54, 1.807) is 0 Å². The first kappa shape index (κ1) is 21.2. The summed E-state index contributed by atoms with van der Waals surface area (Å²) in [5.41, 5.74) is 3.52. The topological polar surface area (TPSA) is 78.9 Å². The largest absolute Gasteiger partial charge is 0.451 e.